The van der Waals surface area contributed by atoms with Crippen LogP contribution in [-0.4, -0.2) is 25.7 Å². The Bertz CT molecular complexity index is 506. The van der Waals surface area contributed by atoms with Crippen molar-refractivity contribution in [2.45, 2.75) is 19.4 Å². The molecule has 0 fully saturated rings. The minimum atomic E-state index is 0.0357. The molecule has 2 rings (SSSR count). The molecule has 0 saturated carbocycles. The molecule has 0 spiro atoms. The van der Waals surface area contributed by atoms with E-state index < -0.39 is 0 Å². The van der Waals surface area contributed by atoms with Gasteiger partial charge >= 0.3 is 0 Å². The average molecular weight is 292 g/mol. The first kappa shape index (κ1) is 14.8. The van der Waals surface area contributed by atoms with Crippen molar-refractivity contribution in [1.82, 2.24) is 10.3 Å². The van der Waals surface area contributed by atoms with Gasteiger partial charge < -0.3 is 14.8 Å². The zero-order chi connectivity index (χ0) is 14.4. The van der Waals surface area contributed by atoms with Crippen LogP contribution in [0.15, 0.2) is 29.9 Å². The summed E-state index contributed by atoms with van der Waals surface area (Å²) in [5.74, 6) is 1.65. The second kappa shape index (κ2) is 7.26. The molecule has 0 aliphatic carbocycles. The molecule has 0 aliphatic rings. The van der Waals surface area contributed by atoms with Crippen molar-refractivity contribution in [3.8, 4) is 11.5 Å². The molecule has 2 aromatic rings. The van der Waals surface area contributed by atoms with Crippen LogP contribution in [0.1, 0.15) is 29.8 Å². The van der Waals surface area contributed by atoms with E-state index in [1.165, 1.54) is 0 Å². The van der Waals surface area contributed by atoms with Crippen LogP contribution in [0.3, 0.4) is 0 Å². The first-order valence-electron chi connectivity index (χ1n) is 6.64. The molecule has 1 aromatic heterocycles. The summed E-state index contributed by atoms with van der Waals surface area (Å²) < 4.78 is 11.0. The number of nitrogens with one attached hydrogen (secondary N) is 1. The molecule has 0 saturated heterocycles. The monoisotopic (exact) mass is 292 g/mol. The van der Waals surface area contributed by atoms with Crippen molar-refractivity contribution in [1.29, 1.82) is 0 Å². The third-order valence-electron chi connectivity index (χ3n) is 3.09. The van der Waals surface area contributed by atoms with Crippen LogP contribution in [0.2, 0.25) is 0 Å². The van der Waals surface area contributed by atoms with E-state index in [1.807, 2.05) is 29.9 Å². The molecule has 0 bridgehead atoms. The standard InChI is InChI=1S/C15H20N2O2S/c1-4-8-17-15(13-9-16-10-20-13)14-11(18-2)6-5-7-12(14)19-3/h5-7,9-10,15,17H,4,8H2,1-3H3. The van der Waals surface area contributed by atoms with Gasteiger partial charge in [-0.15, -0.1) is 11.3 Å². The number of hydrogen-bond donors (Lipinski definition) is 1. The number of thiazole rings is 1. The summed E-state index contributed by atoms with van der Waals surface area (Å²) in [7, 11) is 3.36. The minimum Gasteiger partial charge on any atom is -0.496 e. The Morgan fingerprint density at radius 3 is 2.45 bits per heavy atom. The molecule has 0 radical (unpaired) electrons. The van der Waals surface area contributed by atoms with Gasteiger partial charge in [-0.25, -0.2) is 0 Å². The molecule has 0 aliphatic heterocycles. The van der Waals surface area contributed by atoms with Crippen LogP contribution in [0.25, 0.3) is 0 Å². The van der Waals surface area contributed by atoms with Gasteiger partial charge in [0.1, 0.15) is 11.5 Å². The fourth-order valence-electron chi connectivity index (χ4n) is 2.17. The number of benzene rings is 1. The summed E-state index contributed by atoms with van der Waals surface area (Å²) in [6, 6.07) is 5.89. The van der Waals surface area contributed by atoms with Crippen LogP contribution < -0.4 is 14.8 Å². The maximum atomic E-state index is 5.51. The predicted molar refractivity (Wildman–Crippen MR) is 81.8 cm³/mol. The number of rotatable bonds is 7. The van der Waals surface area contributed by atoms with E-state index >= 15 is 0 Å². The third-order valence-corrected chi connectivity index (χ3v) is 3.93. The summed E-state index contributed by atoms with van der Waals surface area (Å²) >= 11 is 1.63. The van der Waals surface area contributed by atoms with Crippen molar-refractivity contribution in [2.75, 3.05) is 20.8 Å². The van der Waals surface area contributed by atoms with Crippen molar-refractivity contribution < 1.29 is 9.47 Å². The summed E-state index contributed by atoms with van der Waals surface area (Å²) in [4.78, 5) is 5.34. The molecular weight excluding hydrogens is 272 g/mol. The Morgan fingerprint density at radius 1 is 1.25 bits per heavy atom. The Balaban J connectivity index is 2.47. The third kappa shape index (κ3) is 3.11. The topological polar surface area (TPSA) is 43.4 Å². The van der Waals surface area contributed by atoms with Gasteiger partial charge in [0, 0.05) is 11.1 Å². The van der Waals surface area contributed by atoms with E-state index in [1.54, 1.807) is 25.6 Å². The van der Waals surface area contributed by atoms with Gasteiger partial charge in [0.05, 0.1) is 31.3 Å². The smallest absolute Gasteiger partial charge is 0.127 e. The highest BCUT2D eigenvalue weighted by molar-refractivity contribution is 7.09. The lowest BCUT2D eigenvalue weighted by atomic mass is 10.0. The summed E-state index contributed by atoms with van der Waals surface area (Å²) in [5.41, 5.74) is 2.87. The highest BCUT2D eigenvalue weighted by atomic mass is 32.1. The summed E-state index contributed by atoms with van der Waals surface area (Å²) in [6.07, 6.45) is 2.96. The van der Waals surface area contributed by atoms with Crippen molar-refractivity contribution in [3.05, 3.63) is 40.3 Å². The quantitative estimate of drug-likeness (QED) is 0.850. The molecule has 1 heterocycles. The van der Waals surface area contributed by atoms with Crippen molar-refractivity contribution in [3.63, 3.8) is 0 Å². The first-order chi connectivity index (χ1) is 9.81. The fraction of sp³-hybridized carbons (Fsp3) is 0.400. The molecule has 1 atom stereocenters. The first-order valence-corrected chi connectivity index (χ1v) is 7.52. The van der Waals surface area contributed by atoms with E-state index in [0.29, 0.717) is 0 Å². The second-order valence-corrected chi connectivity index (χ2v) is 5.29. The largest absolute Gasteiger partial charge is 0.496 e. The molecule has 5 heteroatoms. The van der Waals surface area contributed by atoms with E-state index in [2.05, 4.69) is 17.2 Å². The number of aromatic nitrogens is 1. The lowest BCUT2D eigenvalue weighted by Gasteiger charge is -2.22. The maximum Gasteiger partial charge on any atom is 0.127 e. The van der Waals surface area contributed by atoms with Crippen LogP contribution in [0.5, 0.6) is 11.5 Å². The van der Waals surface area contributed by atoms with Gasteiger partial charge in [-0.1, -0.05) is 13.0 Å². The van der Waals surface area contributed by atoms with Crippen LogP contribution in [-0.2, 0) is 0 Å². The number of methoxy groups -OCH3 is 2. The average Bonchev–Trinajstić information content (AvgIpc) is 3.01. The van der Waals surface area contributed by atoms with Crippen molar-refractivity contribution >= 4 is 11.3 Å². The van der Waals surface area contributed by atoms with Gasteiger partial charge in [-0.3, -0.25) is 4.98 Å². The number of hydrogen-bond acceptors (Lipinski definition) is 5. The summed E-state index contributed by atoms with van der Waals surface area (Å²) in [6.45, 7) is 3.07. The molecular formula is C15H20N2O2S. The molecule has 1 N–H and O–H groups in total. The minimum absolute atomic E-state index is 0.0357. The van der Waals surface area contributed by atoms with E-state index in [0.717, 1.165) is 34.9 Å². The predicted octanol–water partition coefficient (Wildman–Crippen LogP) is 3.25. The summed E-state index contributed by atoms with van der Waals surface area (Å²) in [5, 5.41) is 3.55. The van der Waals surface area contributed by atoms with Crippen LogP contribution >= 0.6 is 11.3 Å². The van der Waals surface area contributed by atoms with Crippen LogP contribution in [0, 0.1) is 0 Å². The SMILES string of the molecule is CCCNC(c1cncs1)c1c(OC)cccc1OC. The van der Waals surface area contributed by atoms with E-state index in [9.17, 15) is 0 Å². The molecule has 108 valence electrons. The van der Waals surface area contributed by atoms with E-state index in [4.69, 9.17) is 9.47 Å². The molecule has 4 nitrogen and oxygen atoms in total. The van der Waals surface area contributed by atoms with Gasteiger partial charge in [0.15, 0.2) is 0 Å². The Morgan fingerprint density at radius 2 is 1.95 bits per heavy atom. The second-order valence-electron chi connectivity index (χ2n) is 4.37. The van der Waals surface area contributed by atoms with Gasteiger partial charge in [0.2, 0.25) is 0 Å². The van der Waals surface area contributed by atoms with Gasteiger partial charge in [-0.2, -0.15) is 0 Å². The number of nitrogens with zero attached hydrogens (tertiary/aromatic N) is 1. The number of ether oxygens (including phenoxy) is 2. The van der Waals surface area contributed by atoms with Crippen LogP contribution in [0.4, 0.5) is 0 Å². The van der Waals surface area contributed by atoms with E-state index in [-0.39, 0.29) is 6.04 Å². The fourth-order valence-corrected chi connectivity index (χ4v) is 2.87. The lowest BCUT2D eigenvalue weighted by molar-refractivity contribution is 0.377. The highest BCUT2D eigenvalue weighted by Crippen LogP contribution is 2.38. The maximum absolute atomic E-state index is 5.51. The Labute approximate surface area is 123 Å². The molecule has 1 aromatic carbocycles. The molecule has 20 heavy (non-hydrogen) atoms. The van der Waals surface area contributed by atoms with Gasteiger partial charge in [-0.05, 0) is 25.1 Å². The zero-order valence-electron chi connectivity index (χ0n) is 12.1. The Kier molecular flexibility index (Phi) is 5.38. The normalized spacial score (nSPS) is 12.2. The van der Waals surface area contributed by atoms with Crippen molar-refractivity contribution in [2.24, 2.45) is 0 Å². The molecule has 0 amide bonds. The highest BCUT2D eigenvalue weighted by Gasteiger charge is 2.23. The van der Waals surface area contributed by atoms with Gasteiger partial charge in [0.25, 0.3) is 0 Å². The zero-order valence-corrected chi connectivity index (χ0v) is 12.9. The Hall–Kier alpha value is -1.59. The lowest BCUT2D eigenvalue weighted by Crippen LogP contribution is -2.23. The molecule has 1 unspecified atom stereocenters.